The van der Waals surface area contributed by atoms with Crippen molar-refractivity contribution in [3.8, 4) is 16.9 Å². The molecule has 0 aromatic heterocycles. The molecule has 1 nitrogen and oxygen atoms in total. The predicted octanol–water partition coefficient (Wildman–Crippen LogP) is 4.28. The Bertz CT molecular complexity index is 571. The van der Waals surface area contributed by atoms with Crippen LogP contribution in [0.2, 0.25) is 0 Å². The molecule has 0 radical (unpaired) electrons. The second kappa shape index (κ2) is 5.00. The van der Waals surface area contributed by atoms with Crippen LogP contribution in [0.3, 0.4) is 0 Å². The van der Waals surface area contributed by atoms with Gasteiger partial charge in [0.2, 0.25) is 0 Å². The Morgan fingerprint density at radius 3 is 2.33 bits per heavy atom. The smallest absolute Gasteiger partial charge is 0.134 e. The molecular formula is C15H12F2O. The lowest BCUT2D eigenvalue weighted by molar-refractivity contribution is 0.415. The van der Waals surface area contributed by atoms with Crippen molar-refractivity contribution in [2.24, 2.45) is 0 Å². The molecule has 92 valence electrons. The van der Waals surface area contributed by atoms with Gasteiger partial charge in [-0.1, -0.05) is 24.8 Å². The Kier molecular flexibility index (Phi) is 3.42. The highest BCUT2D eigenvalue weighted by Gasteiger charge is 2.15. The van der Waals surface area contributed by atoms with Gasteiger partial charge in [-0.2, -0.15) is 0 Å². The van der Waals surface area contributed by atoms with E-state index in [0.717, 1.165) is 5.56 Å². The fraction of sp³-hybridized carbons (Fsp3) is 0.0667. The van der Waals surface area contributed by atoms with E-state index in [1.165, 1.54) is 25.3 Å². The van der Waals surface area contributed by atoms with Gasteiger partial charge in [-0.3, -0.25) is 0 Å². The Morgan fingerprint density at radius 2 is 1.78 bits per heavy atom. The topological polar surface area (TPSA) is 9.23 Å². The van der Waals surface area contributed by atoms with Gasteiger partial charge in [0.1, 0.15) is 17.4 Å². The minimum absolute atomic E-state index is 0.0851. The largest absolute Gasteiger partial charge is 0.496 e. The number of methoxy groups -OCH3 is 1. The molecule has 0 atom stereocenters. The molecule has 2 aromatic carbocycles. The van der Waals surface area contributed by atoms with E-state index in [2.05, 4.69) is 6.58 Å². The maximum atomic E-state index is 13.8. The number of hydrogen-bond donors (Lipinski definition) is 0. The summed E-state index contributed by atoms with van der Waals surface area (Å²) in [6.07, 6.45) is 1.61. The lowest BCUT2D eigenvalue weighted by Crippen LogP contribution is -1.94. The van der Waals surface area contributed by atoms with Crippen molar-refractivity contribution in [2.75, 3.05) is 7.11 Å². The number of rotatable bonds is 3. The SMILES string of the molecule is C=Cc1ccc(OC)c(-c2c(F)cccc2F)c1. The van der Waals surface area contributed by atoms with Gasteiger partial charge in [-0.15, -0.1) is 0 Å². The lowest BCUT2D eigenvalue weighted by atomic mass is 10.0. The minimum atomic E-state index is -0.616. The highest BCUT2D eigenvalue weighted by atomic mass is 19.1. The molecule has 0 amide bonds. The number of ether oxygens (including phenoxy) is 1. The van der Waals surface area contributed by atoms with Crippen molar-refractivity contribution in [1.29, 1.82) is 0 Å². The van der Waals surface area contributed by atoms with Crippen LogP contribution in [-0.2, 0) is 0 Å². The molecule has 0 aliphatic heterocycles. The van der Waals surface area contributed by atoms with Crippen LogP contribution in [0, 0.1) is 11.6 Å². The van der Waals surface area contributed by atoms with E-state index in [0.29, 0.717) is 11.3 Å². The van der Waals surface area contributed by atoms with Gasteiger partial charge in [-0.05, 0) is 29.8 Å². The quantitative estimate of drug-likeness (QED) is 0.785. The van der Waals surface area contributed by atoms with Crippen molar-refractivity contribution in [1.82, 2.24) is 0 Å². The summed E-state index contributed by atoms with van der Waals surface area (Å²) in [4.78, 5) is 0. The number of halogens is 2. The molecule has 0 N–H and O–H groups in total. The molecule has 2 aromatic rings. The molecule has 0 saturated heterocycles. The van der Waals surface area contributed by atoms with Crippen LogP contribution in [0.25, 0.3) is 17.2 Å². The third-order valence-electron chi connectivity index (χ3n) is 2.69. The average molecular weight is 246 g/mol. The fourth-order valence-electron chi connectivity index (χ4n) is 1.80. The van der Waals surface area contributed by atoms with Crippen molar-refractivity contribution in [2.45, 2.75) is 0 Å². The highest BCUT2D eigenvalue weighted by molar-refractivity contribution is 5.74. The van der Waals surface area contributed by atoms with E-state index >= 15 is 0 Å². The van der Waals surface area contributed by atoms with E-state index in [9.17, 15) is 8.78 Å². The molecule has 0 bridgehead atoms. The summed E-state index contributed by atoms with van der Waals surface area (Å²) < 4.78 is 32.7. The first-order valence-corrected chi connectivity index (χ1v) is 5.42. The van der Waals surface area contributed by atoms with E-state index in [1.807, 2.05) is 0 Å². The van der Waals surface area contributed by atoms with Gasteiger partial charge in [0.15, 0.2) is 0 Å². The van der Waals surface area contributed by atoms with Crippen LogP contribution in [0.4, 0.5) is 8.78 Å². The number of hydrogen-bond acceptors (Lipinski definition) is 1. The lowest BCUT2D eigenvalue weighted by Gasteiger charge is -2.11. The van der Waals surface area contributed by atoms with Crippen LogP contribution in [-0.4, -0.2) is 7.11 Å². The first kappa shape index (κ1) is 12.3. The zero-order valence-electron chi connectivity index (χ0n) is 9.91. The first-order valence-electron chi connectivity index (χ1n) is 5.42. The van der Waals surface area contributed by atoms with Crippen LogP contribution in [0.15, 0.2) is 43.0 Å². The molecular weight excluding hydrogens is 234 g/mol. The molecule has 0 spiro atoms. The van der Waals surface area contributed by atoms with Crippen LogP contribution >= 0.6 is 0 Å². The van der Waals surface area contributed by atoms with Crippen molar-refractivity contribution < 1.29 is 13.5 Å². The summed E-state index contributed by atoms with van der Waals surface area (Å²) in [6.45, 7) is 3.64. The van der Waals surface area contributed by atoms with Gasteiger partial charge >= 0.3 is 0 Å². The van der Waals surface area contributed by atoms with Crippen LogP contribution in [0.5, 0.6) is 5.75 Å². The van der Waals surface area contributed by atoms with E-state index < -0.39 is 11.6 Å². The van der Waals surface area contributed by atoms with Gasteiger partial charge in [0.05, 0.1) is 12.7 Å². The Morgan fingerprint density at radius 1 is 1.11 bits per heavy atom. The third kappa shape index (κ3) is 2.12. The van der Waals surface area contributed by atoms with E-state index in [4.69, 9.17) is 4.74 Å². The van der Waals surface area contributed by atoms with Gasteiger partial charge < -0.3 is 4.74 Å². The molecule has 0 aliphatic rings. The predicted molar refractivity (Wildman–Crippen MR) is 68.4 cm³/mol. The van der Waals surface area contributed by atoms with Gasteiger partial charge in [-0.25, -0.2) is 8.78 Å². The molecule has 18 heavy (non-hydrogen) atoms. The Labute approximate surface area is 104 Å². The van der Waals surface area contributed by atoms with E-state index in [-0.39, 0.29) is 5.56 Å². The van der Waals surface area contributed by atoms with E-state index in [1.54, 1.807) is 24.3 Å². The maximum Gasteiger partial charge on any atom is 0.134 e. The van der Waals surface area contributed by atoms with Crippen molar-refractivity contribution in [3.63, 3.8) is 0 Å². The van der Waals surface area contributed by atoms with Gasteiger partial charge in [0, 0.05) is 5.56 Å². The minimum Gasteiger partial charge on any atom is -0.496 e. The zero-order chi connectivity index (χ0) is 13.1. The van der Waals surface area contributed by atoms with Crippen LogP contribution in [0.1, 0.15) is 5.56 Å². The Balaban J connectivity index is 2.72. The third-order valence-corrected chi connectivity index (χ3v) is 2.69. The summed E-state index contributed by atoms with van der Waals surface area (Å²) >= 11 is 0. The van der Waals surface area contributed by atoms with Gasteiger partial charge in [0.25, 0.3) is 0 Å². The van der Waals surface area contributed by atoms with Crippen molar-refractivity contribution >= 4 is 6.08 Å². The average Bonchev–Trinajstić information content (AvgIpc) is 2.38. The number of benzene rings is 2. The molecule has 0 aliphatic carbocycles. The Hall–Kier alpha value is -2.16. The standard InChI is InChI=1S/C15H12F2O/c1-3-10-7-8-14(18-2)11(9-10)15-12(16)5-4-6-13(15)17/h3-9H,1H2,2H3. The molecule has 2 rings (SSSR count). The molecule has 0 saturated carbocycles. The molecule has 0 unspecified atom stereocenters. The monoisotopic (exact) mass is 246 g/mol. The summed E-state index contributed by atoms with van der Waals surface area (Å²) in [7, 11) is 1.46. The highest BCUT2D eigenvalue weighted by Crippen LogP contribution is 2.34. The first-order chi connectivity index (χ1) is 8.67. The molecule has 3 heteroatoms. The second-order valence-electron chi connectivity index (χ2n) is 3.76. The molecule has 0 fully saturated rings. The molecule has 0 heterocycles. The van der Waals surface area contributed by atoms with Crippen LogP contribution < -0.4 is 4.74 Å². The summed E-state index contributed by atoms with van der Waals surface area (Å²) in [6, 6.07) is 8.86. The van der Waals surface area contributed by atoms with Crippen molar-refractivity contribution in [3.05, 3.63) is 60.2 Å². The summed E-state index contributed by atoms with van der Waals surface area (Å²) in [5.41, 5.74) is 1.07. The zero-order valence-corrected chi connectivity index (χ0v) is 9.91. The maximum absolute atomic E-state index is 13.8. The fourth-order valence-corrected chi connectivity index (χ4v) is 1.80. The summed E-state index contributed by atoms with van der Waals surface area (Å²) in [5, 5.41) is 0. The normalized spacial score (nSPS) is 10.2. The summed E-state index contributed by atoms with van der Waals surface area (Å²) in [5.74, 6) is -0.811. The second-order valence-corrected chi connectivity index (χ2v) is 3.76.